The molecule has 5 rings (SSSR count). The number of imidazole rings is 1. The number of oxime groups is 1. The Morgan fingerprint density at radius 3 is 2.63 bits per heavy atom. The van der Waals surface area contributed by atoms with E-state index < -0.39 is 0 Å². The molecule has 0 aliphatic heterocycles. The molecule has 0 unspecified atom stereocenters. The monoisotopic (exact) mass is 557 g/mol. The molecule has 1 aliphatic rings. The molecule has 0 radical (unpaired) electrons. The van der Waals surface area contributed by atoms with Crippen molar-refractivity contribution in [3.8, 4) is 5.88 Å². The van der Waals surface area contributed by atoms with E-state index in [2.05, 4.69) is 37.7 Å². The number of benzene rings is 1. The molecule has 11 nitrogen and oxygen atoms in total. The van der Waals surface area contributed by atoms with E-state index in [1.807, 2.05) is 42.6 Å². The van der Waals surface area contributed by atoms with Crippen LogP contribution in [0.2, 0.25) is 0 Å². The van der Waals surface area contributed by atoms with E-state index in [0.717, 1.165) is 28.0 Å². The highest BCUT2D eigenvalue weighted by Gasteiger charge is 2.23. The third-order valence-electron chi connectivity index (χ3n) is 7.09. The Labute approximate surface area is 238 Å². The topological polar surface area (TPSA) is 149 Å². The smallest absolute Gasteiger partial charge is 0.306 e. The van der Waals surface area contributed by atoms with Crippen LogP contribution in [0.5, 0.6) is 5.88 Å². The van der Waals surface area contributed by atoms with Crippen molar-refractivity contribution >= 4 is 23.3 Å². The summed E-state index contributed by atoms with van der Waals surface area (Å²) in [7, 11) is 0. The lowest BCUT2D eigenvalue weighted by atomic mass is 9.99. The Morgan fingerprint density at radius 2 is 1.93 bits per heavy atom. The maximum atomic E-state index is 12.0. The number of nitrogens with zero attached hydrogens (tertiary/aromatic N) is 5. The van der Waals surface area contributed by atoms with Gasteiger partial charge in [0.15, 0.2) is 5.84 Å². The maximum Gasteiger partial charge on any atom is 0.306 e. The Kier molecular flexibility index (Phi) is 8.32. The second-order valence-electron chi connectivity index (χ2n) is 10.3. The van der Waals surface area contributed by atoms with Crippen LogP contribution in [0.3, 0.4) is 0 Å². The summed E-state index contributed by atoms with van der Waals surface area (Å²) in [6.07, 6.45) is 7.10. The van der Waals surface area contributed by atoms with Crippen molar-refractivity contribution in [2.45, 2.75) is 65.5 Å². The van der Waals surface area contributed by atoms with Crippen LogP contribution in [-0.4, -0.2) is 43.0 Å². The van der Waals surface area contributed by atoms with Gasteiger partial charge in [0.1, 0.15) is 23.9 Å². The summed E-state index contributed by atoms with van der Waals surface area (Å²) in [6, 6.07) is 9.68. The summed E-state index contributed by atoms with van der Waals surface area (Å²) in [4.78, 5) is 25.8. The highest BCUT2D eigenvalue weighted by molar-refractivity contribution is 5.97. The molecule has 0 atom stereocenters. The number of carbonyl (C=O) groups excluding carboxylic acids is 1. The molecular weight excluding hydrogens is 522 g/mol. The SMILES string of the molecule is CCOC(=O)CCc1nc(NCc2c(C)cc(/C(N)=N\O)cc2C)cc(OCc2cn3cc(C4CC4)ccc3n2)n1. The lowest BCUT2D eigenvalue weighted by Crippen LogP contribution is -2.15. The molecule has 1 aromatic carbocycles. The Bertz CT molecular complexity index is 1570. The fourth-order valence-electron chi connectivity index (χ4n) is 4.79. The molecule has 1 fully saturated rings. The minimum absolute atomic E-state index is 0.0634. The molecule has 11 heteroatoms. The Balaban J connectivity index is 1.33. The van der Waals surface area contributed by atoms with E-state index in [-0.39, 0.29) is 24.8 Å². The molecule has 4 N–H and O–H groups in total. The quantitative estimate of drug-likeness (QED) is 0.0757. The van der Waals surface area contributed by atoms with Crippen LogP contribution in [0.4, 0.5) is 5.82 Å². The molecular formula is C30H35N7O4. The predicted molar refractivity (Wildman–Crippen MR) is 154 cm³/mol. The number of nitrogens with two attached hydrogens (primary N) is 1. The van der Waals surface area contributed by atoms with E-state index >= 15 is 0 Å². The van der Waals surface area contributed by atoms with Crippen molar-refractivity contribution in [3.05, 3.63) is 82.1 Å². The summed E-state index contributed by atoms with van der Waals surface area (Å²) in [5, 5.41) is 15.5. The van der Waals surface area contributed by atoms with Crippen LogP contribution >= 0.6 is 0 Å². The molecule has 3 aromatic heterocycles. The number of aryl methyl sites for hydroxylation is 3. The predicted octanol–water partition coefficient (Wildman–Crippen LogP) is 4.40. The number of rotatable bonds is 12. The third kappa shape index (κ3) is 6.92. The van der Waals surface area contributed by atoms with Gasteiger partial charge in [0, 0.05) is 37.0 Å². The molecule has 4 aromatic rings. The first-order valence-electron chi connectivity index (χ1n) is 13.8. The van der Waals surface area contributed by atoms with Gasteiger partial charge in [-0.15, -0.1) is 0 Å². The minimum Gasteiger partial charge on any atom is -0.471 e. The van der Waals surface area contributed by atoms with Crippen LogP contribution in [-0.2, 0) is 29.1 Å². The first-order valence-corrected chi connectivity index (χ1v) is 13.8. The van der Waals surface area contributed by atoms with Gasteiger partial charge in [-0.25, -0.2) is 9.97 Å². The molecule has 1 aliphatic carbocycles. The number of carbonyl (C=O) groups is 1. The van der Waals surface area contributed by atoms with Gasteiger partial charge in [0.05, 0.1) is 18.7 Å². The van der Waals surface area contributed by atoms with Crippen LogP contribution in [0.1, 0.15) is 71.4 Å². The summed E-state index contributed by atoms with van der Waals surface area (Å²) >= 11 is 0. The maximum absolute atomic E-state index is 12.0. The second-order valence-corrected chi connectivity index (χ2v) is 10.3. The average molecular weight is 558 g/mol. The van der Waals surface area contributed by atoms with Crippen molar-refractivity contribution in [1.29, 1.82) is 0 Å². The number of amidine groups is 1. The van der Waals surface area contributed by atoms with Crippen molar-refractivity contribution in [3.63, 3.8) is 0 Å². The van der Waals surface area contributed by atoms with Crippen molar-refractivity contribution in [1.82, 2.24) is 19.4 Å². The van der Waals surface area contributed by atoms with E-state index in [1.165, 1.54) is 18.4 Å². The molecule has 214 valence electrons. The van der Waals surface area contributed by atoms with Gasteiger partial charge >= 0.3 is 5.97 Å². The van der Waals surface area contributed by atoms with E-state index in [0.29, 0.717) is 48.6 Å². The van der Waals surface area contributed by atoms with Gasteiger partial charge in [-0.3, -0.25) is 4.79 Å². The highest BCUT2D eigenvalue weighted by Crippen LogP contribution is 2.39. The number of anilines is 1. The second kappa shape index (κ2) is 12.2. The zero-order valence-corrected chi connectivity index (χ0v) is 23.6. The largest absolute Gasteiger partial charge is 0.471 e. The fraction of sp³-hybridized carbons (Fsp3) is 0.367. The lowest BCUT2D eigenvalue weighted by molar-refractivity contribution is -0.143. The zero-order valence-electron chi connectivity index (χ0n) is 23.6. The van der Waals surface area contributed by atoms with Crippen LogP contribution in [0.15, 0.2) is 47.9 Å². The number of esters is 1. The van der Waals surface area contributed by atoms with E-state index in [1.54, 1.807) is 13.0 Å². The summed E-state index contributed by atoms with van der Waals surface area (Å²) in [5.74, 6) is 1.85. The molecule has 0 bridgehead atoms. The molecule has 41 heavy (non-hydrogen) atoms. The Morgan fingerprint density at radius 1 is 1.15 bits per heavy atom. The summed E-state index contributed by atoms with van der Waals surface area (Å²) in [5.41, 5.74) is 12.5. The van der Waals surface area contributed by atoms with Crippen molar-refractivity contribution in [2.75, 3.05) is 11.9 Å². The van der Waals surface area contributed by atoms with E-state index in [9.17, 15) is 4.79 Å². The van der Waals surface area contributed by atoms with Gasteiger partial charge in [0.25, 0.3) is 0 Å². The van der Waals surface area contributed by atoms with Gasteiger partial charge in [-0.05, 0) is 80.0 Å². The normalized spacial score (nSPS) is 13.4. The first-order chi connectivity index (χ1) is 19.8. The van der Waals surface area contributed by atoms with Crippen molar-refractivity contribution < 1.29 is 19.5 Å². The van der Waals surface area contributed by atoms with Gasteiger partial charge in [0.2, 0.25) is 5.88 Å². The van der Waals surface area contributed by atoms with Gasteiger partial charge < -0.3 is 30.1 Å². The molecule has 0 saturated heterocycles. The molecule has 0 spiro atoms. The summed E-state index contributed by atoms with van der Waals surface area (Å²) in [6.45, 7) is 6.77. The number of pyridine rings is 1. The standard InChI is InChI=1S/C30H35N7O4/c1-4-40-29(38)10-8-25-34-26(32-14-24-18(2)11-22(12-19(24)3)30(31)36-39)13-28(35-25)41-17-23-16-37-15-21(20-5-6-20)7-9-27(37)33-23/h7,9,11-13,15-16,20,39H,4-6,8,10,14,17H2,1-3H3,(H2,31,36)(H,32,34,35). The third-order valence-corrected chi connectivity index (χ3v) is 7.09. The average Bonchev–Trinajstić information content (AvgIpc) is 3.73. The zero-order chi connectivity index (χ0) is 28.9. The van der Waals surface area contributed by atoms with Crippen LogP contribution < -0.4 is 15.8 Å². The number of aromatic nitrogens is 4. The van der Waals surface area contributed by atoms with E-state index in [4.69, 9.17) is 20.4 Å². The lowest BCUT2D eigenvalue weighted by Gasteiger charge is -2.15. The Hall–Kier alpha value is -4.67. The van der Waals surface area contributed by atoms with Gasteiger partial charge in [-0.2, -0.15) is 4.98 Å². The van der Waals surface area contributed by atoms with Crippen LogP contribution in [0.25, 0.3) is 5.65 Å². The van der Waals surface area contributed by atoms with Gasteiger partial charge in [-0.1, -0.05) is 11.2 Å². The molecule has 3 heterocycles. The number of hydrogen-bond donors (Lipinski definition) is 3. The van der Waals surface area contributed by atoms with Crippen LogP contribution in [0, 0.1) is 13.8 Å². The first kappa shape index (κ1) is 27.9. The fourth-order valence-corrected chi connectivity index (χ4v) is 4.79. The summed E-state index contributed by atoms with van der Waals surface area (Å²) < 4.78 is 13.2. The number of ether oxygens (including phenoxy) is 2. The number of hydrogen-bond acceptors (Lipinski definition) is 9. The molecule has 1 saturated carbocycles. The number of fused-ring (bicyclic) bond motifs is 1. The highest BCUT2D eigenvalue weighted by atomic mass is 16.5. The molecule has 0 amide bonds. The minimum atomic E-state index is -0.302. The number of nitrogens with one attached hydrogen (secondary N) is 1. The van der Waals surface area contributed by atoms with Crippen molar-refractivity contribution in [2.24, 2.45) is 10.9 Å².